The van der Waals surface area contributed by atoms with Gasteiger partial charge in [-0.15, -0.1) is 0 Å². The van der Waals surface area contributed by atoms with Crippen molar-refractivity contribution in [2.45, 2.75) is 75.7 Å². The number of anilines is 1. The minimum atomic E-state index is -4.08. The number of nitrogens with one attached hydrogen (secondary N) is 1. The van der Waals surface area contributed by atoms with Crippen LogP contribution in [0.3, 0.4) is 0 Å². The molecular weight excluding hydrogens is 704 g/mol. The van der Waals surface area contributed by atoms with Gasteiger partial charge in [-0.2, -0.15) is 8.42 Å². The molecule has 0 aromatic heterocycles. The summed E-state index contributed by atoms with van der Waals surface area (Å²) in [5, 5.41) is -0.267. The van der Waals surface area contributed by atoms with Gasteiger partial charge in [0.1, 0.15) is 11.9 Å². The van der Waals surface area contributed by atoms with Crippen LogP contribution in [0.1, 0.15) is 80.0 Å². The highest BCUT2D eigenvalue weighted by Gasteiger charge is 2.49. The Hall–Kier alpha value is -3.13. The van der Waals surface area contributed by atoms with E-state index in [1.165, 1.54) is 7.11 Å². The highest BCUT2D eigenvalue weighted by Crippen LogP contribution is 2.50. The van der Waals surface area contributed by atoms with E-state index >= 15 is 0 Å². The van der Waals surface area contributed by atoms with Crippen LogP contribution in [0.25, 0.3) is 0 Å². The average molecular weight is 749 g/mol. The van der Waals surface area contributed by atoms with Crippen molar-refractivity contribution in [3.8, 4) is 5.75 Å². The summed E-state index contributed by atoms with van der Waals surface area (Å²) in [5.41, 5.74) is 1.89. The molecular formula is C36H45ClN2O9S2. The van der Waals surface area contributed by atoms with Crippen LogP contribution in [0.5, 0.6) is 5.75 Å². The van der Waals surface area contributed by atoms with E-state index in [2.05, 4.69) is 9.62 Å². The number of carbonyl (C=O) groups excluding carboxylic acids is 2. The Morgan fingerprint density at radius 1 is 1.10 bits per heavy atom. The van der Waals surface area contributed by atoms with E-state index in [-0.39, 0.29) is 35.8 Å². The summed E-state index contributed by atoms with van der Waals surface area (Å²) >= 11 is 6.39. The number of hydrogen-bond acceptors (Lipinski definition) is 10. The monoisotopic (exact) mass is 748 g/mol. The lowest BCUT2D eigenvalue weighted by Gasteiger charge is -2.49. The van der Waals surface area contributed by atoms with E-state index in [4.69, 9.17) is 25.3 Å². The van der Waals surface area contributed by atoms with E-state index in [1.54, 1.807) is 44.2 Å². The molecule has 1 N–H and O–H groups in total. The molecule has 14 heteroatoms. The zero-order valence-corrected chi connectivity index (χ0v) is 31.2. The Balaban J connectivity index is 1.44. The largest absolute Gasteiger partial charge is 0.483 e. The summed E-state index contributed by atoms with van der Waals surface area (Å²) < 4.78 is 70.7. The maximum absolute atomic E-state index is 13.5. The molecule has 0 saturated heterocycles. The van der Waals surface area contributed by atoms with Gasteiger partial charge in [-0.3, -0.25) is 9.59 Å². The summed E-state index contributed by atoms with van der Waals surface area (Å²) in [7, 11) is -6.63. The lowest BCUT2D eigenvalue weighted by molar-refractivity contribution is -0.145. The molecule has 7 atom stereocenters. The third-order valence-electron chi connectivity index (χ3n) is 11.1. The summed E-state index contributed by atoms with van der Waals surface area (Å²) in [6, 6.07) is 10.9. The number of amides is 1. The molecule has 0 spiro atoms. The fourth-order valence-electron chi connectivity index (χ4n) is 8.08. The topological polar surface area (TPSA) is 145 Å². The first-order valence-electron chi connectivity index (χ1n) is 17.1. The van der Waals surface area contributed by atoms with E-state index < -0.39 is 48.8 Å². The van der Waals surface area contributed by atoms with Crippen LogP contribution in [-0.2, 0) is 40.3 Å². The Labute approximate surface area is 299 Å². The molecule has 2 heterocycles. The van der Waals surface area contributed by atoms with E-state index in [0.717, 1.165) is 49.5 Å². The van der Waals surface area contributed by atoms with Gasteiger partial charge in [0, 0.05) is 36.7 Å². The normalized spacial score (nSPS) is 31.5. The number of methoxy groups -OCH3 is 1. The summed E-state index contributed by atoms with van der Waals surface area (Å²) in [6.07, 6.45) is 8.34. The van der Waals surface area contributed by atoms with Gasteiger partial charge >= 0.3 is 16.1 Å². The smallest absolute Gasteiger partial charge is 0.325 e. The predicted octanol–water partition coefficient (Wildman–Crippen LogP) is 5.58. The van der Waals surface area contributed by atoms with Crippen LogP contribution in [0.4, 0.5) is 5.69 Å². The van der Waals surface area contributed by atoms with Gasteiger partial charge in [-0.25, -0.2) is 13.1 Å². The molecule has 2 aromatic carbocycles. The number of nitrogens with zero attached hydrogens (tertiary/aromatic N) is 1. The molecule has 1 fully saturated rings. The van der Waals surface area contributed by atoms with Crippen molar-refractivity contribution in [3.63, 3.8) is 0 Å². The van der Waals surface area contributed by atoms with Crippen LogP contribution in [0, 0.1) is 23.7 Å². The first-order valence-corrected chi connectivity index (χ1v) is 20.9. The van der Waals surface area contributed by atoms with Gasteiger partial charge in [0.25, 0.3) is 5.91 Å². The first-order chi connectivity index (χ1) is 23.6. The molecule has 2 aliphatic carbocycles. The molecule has 50 heavy (non-hydrogen) atoms. The van der Waals surface area contributed by atoms with Crippen molar-refractivity contribution in [1.29, 1.82) is 0 Å². The van der Waals surface area contributed by atoms with Gasteiger partial charge < -0.3 is 18.6 Å². The number of sulfonamides is 1. The molecule has 2 bridgehead atoms. The van der Waals surface area contributed by atoms with E-state index in [0.29, 0.717) is 36.0 Å². The van der Waals surface area contributed by atoms with Gasteiger partial charge in [-0.05, 0) is 105 Å². The summed E-state index contributed by atoms with van der Waals surface area (Å²) in [5.74, 6) is -1.55. The number of fused-ring (bicyclic) bond motifs is 5. The third-order valence-corrected chi connectivity index (χ3v) is 13.7. The average Bonchev–Trinajstić information content (AvgIpc) is 3.27. The standard InChI is InChI=1S/C36H45ClN2O9S2/c1-22-7-6-16-36(46-3,19-33(40)48-49(4,42)43)30-14-10-26(30)20-39-21-27-9-5-8-24-17-28(37)12-13-29(24)34(27)47-32-15-11-25(18-31(32)39)35(41)38-50(44,45)23(22)2/h6,11-13,15-18,22-23,26-27,30,34H,5,7-10,14,19-21H2,1-4H3,(H,38,41)/b16-6+/t22-,23+,26-,27+,30+,34?,36+/m0/s1. The van der Waals surface area contributed by atoms with Crippen molar-refractivity contribution < 1.29 is 40.1 Å². The third kappa shape index (κ3) is 7.56. The highest BCUT2D eigenvalue weighted by atomic mass is 35.5. The van der Waals surface area contributed by atoms with Crippen LogP contribution in [-0.4, -0.2) is 66.0 Å². The fraction of sp³-hybridized carbons (Fsp3) is 0.556. The minimum absolute atomic E-state index is 0.0222. The number of carbonyl (C=O) groups is 2. The Bertz CT molecular complexity index is 1900. The van der Waals surface area contributed by atoms with E-state index in [9.17, 15) is 26.4 Å². The summed E-state index contributed by atoms with van der Waals surface area (Å²) in [4.78, 5) is 28.8. The molecule has 6 rings (SSSR count). The van der Waals surface area contributed by atoms with Crippen LogP contribution in [0.2, 0.25) is 5.02 Å². The molecule has 2 aromatic rings. The SMILES string of the molecule is CO[C@@]1(CC(=O)OS(C)(=O)=O)/C=C/C[C@H](C)[C@@H](C)S(=O)(=O)NC(=O)c2ccc3c(c2)N(C[C@H]2CCCc4cc(Cl)ccc4C2O3)C[C@@H]2CC[C@H]21. The van der Waals surface area contributed by atoms with Crippen molar-refractivity contribution in [2.24, 2.45) is 23.7 Å². The molecule has 1 amide bonds. The maximum atomic E-state index is 13.5. The molecule has 272 valence electrons. The van der Waals surface area contributed by atoms with Gasteiger partial charge in [0.2, 0.25) is 10.0 Å². The molecule has 11 nitrogen and oxygen atoms in total. The number of allylic oxidation sites excluding steroid dienone is 1. The minimum Gasteiger partial charge on any atom is -0.483 e. The zero-order valence-electron chi connectivity index (χ0n) is 28.8. The number of halogens is 1. The number of hydrogen-bond donors (Lipinski definition) is 1. The molecule has 2 aliphatic heterocycles. The van der Waals surface area contributed by atoms with Gasteiger partial charge in [0.05, 0.1) is 29.2 Å². The number of aryl methyl sites for hydroxylation is 1. The van der Waals surface area contributed by atoms with Crippen LogP contribution < -0.4 is 14.4 Å². The molecule has 1 saturated carbocycles. The van der Waals surface area contributed by atoms with Crippen LogP contribution >= 0.6 is 11.6 Å². The first kappa shape index (κ1) is 36.7. The molecule has 4 aliphatic rings. The lowest BCUT2D eigenvalue weighted by atomic mass is 9.63. The van der Waals surface area contributed by atoms with E-state index in [1.807, 2.05) is 18.2 Å². The van der Waals surface area contributed by atoms with Gasteiger partial charge in [-0.1, -0.05) is 36.7 Å². The van der Waals surface area contributed by atoms with Crippen molar-refractivity contribution in [3.05, 3.63) is 70.3 Å². The van der Waals surface area contributed by atoms with Crippen molar-refractivity contribution in [2.75, 3.05) is 31.4 Å². The Morgan fingerprint density at radius 3 is 2.56 bits per heavy atom. The maximum Gasteiger partial charge on any atom is 0.325 e. The van der Waals surface area contributed by atoms with Gasteiger partial charge in [0.15, 0.2) is 0 Å². The van der Waals surface area contributed by atoms with Crippen LogP contribution in [0.15, 0.2) is 48.6 Å². The molecule has 1 unspecified atom stereocenters. The summed E-state index contributed by atoms with van der Waals surface area (Å²) in [6.45, 7) is 4.46. The lowest BCUT2D eigenvalue weighted by Crippen LogP contribution is -2.52. The Morgan fingerprint density at radius 2 is 1.86 bits per heavy atom. The fourth-order valence-corrected chi connectivity index (χ4v) is 9.95. The predicted molar refractivity (Wildman–Crippen MR) is 190 cm³/mol. The highest BCUT2D eigenvalue weighted by molar-refractivity contribution is 7.90. The second kappa shape index (κ2) is 14.1. The number of ether oxygens (including phenoxy) is 2. The Kier molecular flexibility index (Phi) is 10.4. The molecule has 0 radical (unpaired) electrons. The zero-order chi connectivity index (χ0) is 36.0. The van der Waals surface area contributed by atoms with Crippen molar-refractivity contribution in [1.82, 2.24) is 4.72 Å². The number of rotatable bonds is 4. The second-order valence-electron chi connectivity index (χ2n) is 14.4. The quantitative estimate of drug-likeness (QED) is 0.311. The second-order valence-corrected chi connectivity index (χ2v) is 18.4. The number of benzene rings is 2. The van der Waals surface area contributed by atoms with Crippen molar-refractivity contribution >= 4 is 49.3 Å².